The second-order valence-electron chi connectivity index (χ2n) is 4.97. The molecule has 1 fully saturated rings. The van der Waals surface area contributed by atoms with Crippen LogP contribution in [-0.2, 0) is 6.42 Å². The number of aromatic nitrogens is 2. The van der Waals surface area contributed by atoms with Crippen LogP contribution in [0.2, 0.25) is 0 Å². The summed E-state index contributed by atoms with van der Waals surface area (Å²) < 4.78 is 5.55. The second-order valence-corrected chi connectivity index (χ2v) is 4.97. The van der Waals surface area contributed by atoms with Crippen LogP contribution in [0.1, 0.15) is 12.2 Å². The smallest absolute Gasteiger partial charge is 0.169 e. The summed E-state index contributed by atoms with van der Waals surface area (Å²) in [5, 5.41) is 13.0. The number of aromatic hydroxyl groups is 1. The number of phenolic OH excluding ortho intramolecular Hbond substituents is 1. The number of nitrogens with one attached hydrogen (secondary N) is 1. The van der Waals surface area contributed by atoms with Crippen molar-refractivity contribution in [1.29, 1.82) is 0 Å². The van der Waals surface area contributed by atoms with Crippen LogP contribution in [0, 0.1) is 5.92 Å². The molecular formula is C15H17N3O2. The zero-order valence-corrected chi connectivity index (χ0v) is 11.1. The molecule has 1 atom stereocenters. The Hall–Kier alpha value is -2.14. The highest BCUT2D eigenvalue weighted by Crippen LogP contribution is 2.29. The van der Waals surface area contributed by atoms with Gasteiger partial charge in [-0.3, -0.25) is 0 Å². The second kappa shape index (κ2) is 5.88. The van der Waals surface area contributed by atoms with Gasteiger partial charge in [0.05, 0.1) is 12.4 Å². The molecule has 2 heterocycles. The molecule has 2 N–H and O–H groups in total. The molecule has 0 bridgehead atoms. The minimum Gasteiger partial charge on any atom is -0.504 e. The predicted octanol–water partition coefficient (Wildman–Crippen LogP) is 2.13. The van der Waals surface area contributed by atoms with Gasteiger partial charge in [-0.2, -0.15) is 0 Å². The van der Waals surface area contributed by atoms with Crippen LogP contribution in [0.25, 0.3) is 0 Å². The fourth-order valence-electron chi connectivity index (χ4n) is 2.32. The third-order valence-electron chi connectivity index (χ3n) is 3.41. The van der Waals surface area contributed by atoms with Gasteiger partial charge in [-0.1, -0.05) is 12.1 Å². The van der Waals surface area contributed by atoms with Crippen LogP contribution in [0.15, 0.2) is 36.7 Å². The van der Waals surface area contributed by atoms with E-state index in [0.29, 0.717) is 17.4 Å². The standard InChI is InChI=1S/C15H17N3O2/c19-13-3-1-2-4-14(13)20-12-9-17-15(18-10-12)7-11-5-6-16-8-11/h1-4,9-11,16,19H,5-8H2. The highest BCUT2D eigenvalue weighted by Gasteiger charge is 2.16. The lowest BCUT2D eigenvalue weighted by molar-refractivity contribution is 0.408. The third kappa shape index (κ3) is 3.05. The lowest BCUT2D eigenvalue weighted by Gasteiger charge is -2.09. The number of ether oxygens (including phenoxy) is 1. The molecule has 5 heteroatoms. The molecule has 5 nitrogen and oxygen atoms in total. The summed E-state index contributed by atoms with van der Waals surface area (Å²) in [5.74, 6) is 2.50. The van der Waals surface area contributed by atoms with Crippen molar-refractivity contribution in [2.45, 2.75) is 12.8 Å². The van der Waals surface area contributed by atoms with Gasteiger partial charge in [0.25, 0.3) is 0 Å². The van der Waals surface area contributed by atoms with Gasteiger partial charge in [0.2, 0.25) is 0 Å². The van der Waals surface area contributed by atoms with Crippen molar-refractivity contribution in [1.82, 2.24) is 15.3 Å². The van der Waals surface area contributed by atoms with Crippen molar-refractivity contribution >= 4 is 0 Å². The molecule has 1 aromatic carbocycles. The summed E-state index contributed by atoms with van der Waals surface area (Å²) in [7, 11) is 0. The molecule has 1 unspecified atom stereocenters. The van der Waals surface area contributed by atoms with Gasteiger partial charge in [-0.15, -0.1) is 0 Å². The first-order valence-corrected chi connectivity index (χ1v) is 6.79. The van der Waals surface area contributed by atoms with Crippen molar-refractivity contribution in [3.05, 3.63) is 42.5 Å². The number of benzene rings is 1. The van der Waals surface area contributed by atoms with Gasteiger partial charge in [0.1, 0.15) is 5.82 Å². The largest absolute Gasteiger partial charge is 0.504 e. The van der Waals surface area contributed by atoms with Crippen LogP contribution >= 0.6 is 0 Å². The van der Waals surface area contributed by atoms with Crippen LogP contribution in [-0.4, -0.2) is 28.2 Å². The first kappa shape index (κ1) is 12.9. The van der Waals surface area contributed by atoms with Crippen molar-refractivity contribution in [3.63, 3.8) is 0 Å². The van der Waals surface area contributed by atoms with E-state index in [2.05, 4.69) is 15.3 Å². The number of hydrogen-bond donors (Lipinski definition) is 2. The molecule has 2 aromatic rings. The Labute approximate surface area is 117 Å². The molecule has 20 heavy (non-hydrogen) atoms. The Kier molecular flexibility index (Phi) is 3.78. The molecule has 1 aliphatic rings. The van der Waals surface area contributed by atoms with Crippen LogP contribution < -0.4 is 10.1 Å². The van der Waals surface area contributed by atoms with E-state index in [-0.39, 0.29) is 5.75 Å². The third-order valence-corrected chi connectivity index (χ3v) is 3.41. The van der Waals surface area contributed by atoms with Crippen molar-refractivity contribution < 1.29 is 9.84 Å². The van der Waals surface area contributed by atoms with Crippen molar-refractivity contribution in [2.24, 2.45) is 5.92 Å². The van der Waals surface area contributed by atoms with E-state index < -0.39 is 0 Å². The van der Waals surface area contributed by atoms with Crippen molar-refractivity contribution in [2.75, 3.05) is 13.1 Å². The summed E-state index contributed by atoms with van der Waals surface area (Å²) in [5.41, 5.74) is 0. The Bertz CT molecular complexity index is 566. The summed E-state index contributed by atoms with van der Waals surface area (Å²) in [6, 6.07) is 6.83. The fourth-order valence-corrected chi connectivity index (χ4v) is 2.32. The monoisotopic (exact) mass is 271 g/mol. The molecule has 0 saturated carbocycles. The summed E-state index contributed by atoms with van der Waals surface area (Å²) >= 11 is 0. The maximum Gasteiger partial charge on any atom is 0.169 e. The van der Waals surface area contributed by atoms with E-state index in [1.807, 2.05) is 0 Å². The zero-order valence-electron chi connectivity index (χ0n) is 11.1. The number of rotatable bonds is 4. The van der Waals surface area contributed by atoms with Crippen molar-refractivity contribution in [3.8, 4) is 17.2 Å². The highest BCUT2D eigenvalue weighted by molar-refractivity contribution is 5.40. The quantitative estimate of drug-likeness (QED) is 0.891. The molecule has 0 spiro atoms. The average molecular weight is 271 g/mol. The average Bonchev–Trinajstić information content (AvgIpc) is 2.96. The molecule has 104 valence electrons. The Balaban J connectivity index is 1.65. The number of para-hydroxylation sites is 2. The minimum absolute atomic E-state index is 0.105. The van der Waals surface area contributed by atoms with Gasteiger partial charge < -0.3 is 15.2 Å². The van der Waals surface area contributed by atoms with Gasteiger partial charge in [0.15, 0.2) is 17.2 Å². The van der Waals surface area contributed by atoms with E-state index in [9.17, 15) is 5.11 Å². The van der Waals surface area contributed by atoms with E-state index in [1.54, 1.807) is 36.7 Å². The molecule has 0 amide bonds. The number of nitrogens with zero attached hydrogens (tertiary/aromatic N) is 2. The normalized spacial score (nSPS) is 18.1. The SMILES string of the molecule is Oc1ccccc1Oc1cnc(CC2CCNC2)nc1. The van der Waals surface area contributed by atoms with Crippen LogP contribution in [0.3, 0.4) is 0 Å². The first-order chi connectivity index (χ1) is 9.81. The number of phenols is 1. The lowest BCUT2D eigenvalue weighted by atomic mass is 10.1. The Morgan fingerprint density at radius 1 is 1.25 bits per heavy atom. The molecule has 0 aliphatic carbocycles. The molecular weight excluding hydrogens is 254 g/mol. The maximum atomic E-state index is 9.64. The van der Waals surface area contributed by atoms with Gasteiger partial charge in [-0.25, -0.2) is 9.97 Å². The fraction of sp³-hybridized carbons (Fsp3) is 0.333. The molecule has 0 radical (unpaired) electrons. The van der Waals surface area contributed by atoms with Gasteiger partial charge >= 0.3 is 0 Å². The zero-order chi connectivity index (χ0) is 13.8. The number of hydrogen-bond acceptors (Lipinski definition) is 5. The predicted molar refractivity (Wildman–Crippen MR) is 74.9 cm³/mol. The van der Waals surface area contributed by atoms with E-state index in [0.717, 1.165) is 25.3 Å². The van der Waals surface area contributed by atoms with Crippen LogP contribution in [0.5, 0.6) is 17.2 Å². The van der Waals surface area contributed by atoms with Gasteiger partial charge in [0, 0.05) is 6.42 Å². The lowest BCUT2D eigenvalue weighted by Crippen LogP contribution is -2.12. The topological polar surface area (TPSA) is 67.3 Å². The summed E-state index contributed by atoms with van der Waals surface area (Å²) in [4.78, 5) is 8.64. The minimum atomic E-state index is 0.105. The van der Waals surface area contributed by atoms with E-state index in [4.69, 9.17) is 4.74 Å². The Morgan fingerprint density at radius 3 is 2.75 bits per heavy atom. The van der Waals surface area contributed by atoms with E-state index in [1.165, 1.54) is 6.42 Å². The van der Waals surface area contributed by atoms with E-state index >= 15 is 0 Å². The van der Waals surface area contributed by atoms with Crippen LogP contribution in [0.4, 0.5) is 0 Å². The first-order valence-electron chi connectivity index (χ1n) is 6.79. The molecule has 1 aromatic heterocycles. The summed E-state index contributed by atoms with van der Waals surface area (Å²) in [6.07, 6.45) is 5.37. The summed E-state index contributed by atoms with van der Waals surface area (Å²) in [6.45, 7) is 2.12. The molecule has 3 rings (SSSR count). The van der Waals surface area contributed by atoms with Gasteiger partial charge in [-0.05, 0) is 37.6 Å². The molecule has 1 aliphatic heterocycles. The maximum absolute atomic E-state index is 9.64. The highest BCUT2D eigenvalue weighted by atomic mass is 16.5. The molecule has 1 saturated heterocycles. The Morgan fingerprint density at radius 2 is 2.05 bits per heavy atom.